The van der Waals surface area contributed by atoms with E-state index in [4.69, 9.17) is 10.5 Å². The van der Waals surface area contributed by atoms with Gasteiger partial charge in [0.1, 0.15) is 0 Å². The number of nitrogen functional groups attached to an aromatic ring is 1. The Morgan fingerprint density at radius 1 is 1.05 bits per heavy atom. The molecule has 0 atom stereocenters. The Labute approximate surface area is 130 Å². The molecular weight excluding hydrogens is 276 g/mol. The van der Waals surface area contributed by atoms with E-state index in [0.717, 1.165) is 22.6 Å². The Bertz CT molecular complexity index is 703. The van der Waals surface area contributed by atoms with Crippen LogP contribution in [-0.4, -0.2) is 13.0 Å². The van der Waals surface area contributed by atoms with Crippen molar-refractivity contribution in [2.75, 3.05) is 18.2 Å². The summed E-state index contributed by atoms with van der Waals surface area (Å²) in [5.74, 6) is 0.643. The van der Waals surface area contributed by atoms with Crippen LogP contribution in [0, 0.1) is 0 Å². The van der Waals surface area contributed by atoms with Crippen molar-refractivity contribution >= 4 is 22.9 Å². The van der Waals surface area contributed by atoms with Gasteiger partial charge in [-0.05, 0) is 49.8 Å². The van der Waals surface area contributed by atoms with Crippen LogP contribution in [-0.2, 0) is 4.74 Å². The largest absolute Gasteiger partial charge is 0.501 e. The molecule has 0 spiro atoms. The van der Waals surface area contributed by atoms with E-state index in [0.29, 0.717) is 11.3 Å². The number of allylic oxidation sites excluding steroid dienone is 2. The molecule has 0 unspecified atom stereocenters. The molecule has 2 aromatic rings. The van der Waals surface area contributed by atoms with Crippen molar-refractivity contribution in [3.05, 3.63) is 65.4 Å². The molecule has 2 rings (SSSR count). The van der Waals surface area contributed by atoms with Crippen molar-refractivity contribution in [2.24, 2.45) is 0 Å². The van der Waals surface area contributed by atoms with Gasteiger partial charge in [0.05, 0.1) is 12.9 Å². The van der Waals surface area contributed by atoms with Crippen LogP contribution in [0.2, 0.25) is 0 Å². The van der Waals surface area contributed by atoms with Gasteiger partial charge in [-0.15, -0.1) is 0 Å². The number of rotatable bonds is 4. The Balaban J connectivity index is 2.31. The maximum Gasteiger partial charge on any atom is 0.255 e. The maximum atomic E-state index is 12.3. The van der Waals surface area contributed by atoms with Gasteiger partial charge in [0.2, 0.25) is 0 Å². The normalized spacial score (nSPS) is 11.6. The summed E-state index contributed by atoms with van der Waals surface area (Å²) in [5.41, 5.74) is 9.50. The van der Waals surface area contributed by atoms with Gasteiger partial charge in [-0.1, -0.05) is 18.2 Å². The van der Waals surface area contributed by atoms with Gasteiger partial charge in [0, 0.05) is 22.5 Å². The van der Waals surface area contributed by atoms with E-state index in [-0.39, 0.29) is 5.91 Å². The molecule has 114 valence electrons. The molecule has 22 heavy (non-hydrogen) atoms. The topological polar surface area (TPSA) is 64.3 Å². The predicted molar refractivity (Wildman–Crippen MR) is 90.5 cm³/mol. The van der Waals surface area contributed by atoms with Crippen molar-refractivity contribution in [1.82, 2.24) is 0 Å². The maximum absolute atomic E-state index is 12.3. The first-order valence-electron chi connectivity index (χ1n) is 7.00. The number of nitrogens with one attached hydrogen (secondary N) is 1. The Morgan fingerprint density at radius 2 is 1.68 bits per heavy atom. The number of benzene rings is 2. The van der Waals surface area contributed by atoms with Crippen LogP contribution in [0.5, 0.6) is 0 Å². The van der Waals surface area contributed by atoms with Crippen LogP contribution in [0.4, 0.5) is 11.4 Å². The zero-order valence-corrected chi connectivity index (χ0v) is 13.0. The minimum atomic E-state index is -0.171. The number of anilines is 2. The second-order valence-electron chi connectivity index (χ2n) is 5.01. The van der Waals surface area contributed by atoms with Crippen molar-refractivity contribution in [1.29, 1.82) is 0 Å². The number of amides is 1. The van der Waals surface area contributed by atoms with E-state index >= 15 is 0 Å². The average Bonchev–Trinajstić information content (AvgIpc) is 2.54. The van der Waals surface area contributed by atoms with E-state index in [1.165, 1.54) is 0 Å². The zero-order chi connectivity index (χ0) is 16.1. The van der Waals surface area contributed by atoms with Crippen molar-refractivity contribution in [3.63, 3.8) is 0 Å². The average molecular weight is 296 g/mol. The first kappa shape index (κ1) is 15.6. The Kier molecular flexibility index (Phi) is 4.84. The second kappa shape index (κ2) is 6.80. The number of methoxy groups -OCH3 is 1. The number of carbonyl (C=O) groups is 1. The van der Waals surface area contributed by atoms with E-state index in [1.807, 2.05) is 38.1 Å². The Hall–Kier alpha value is -2.75. The predicted octanol–water partition coefficient (Wildman–Crippen LogP) is 3.92. The van der Waals surface area contributed by atoms with Crippen molar-refractivity contribution in [2.45, 2.75) is 13.8 Å². The summed E-state index contributed by atoms with van der Waals surface area (Å²) in [5, 5.41) is 2.94. The third-order valence-electron chi connectivity index (χ3n) is 3.59. The van der Waals surface area contributed by atoms with Crippen LogP contribution in [0.25, 0.3) is 5.57 Å². The van der Waals surface area contributed by atoms with Gasteiger partial charge < -0.3 is 15.8 Å². The minimum absolute atomic E-state index is 0.171. The quantitative estimate of drug-likeness (QED) is 0.664. The highest BCUT2D eigenvalue weighted by Gasteiger charge is 2.11. The standard InChI is InChI=1S/C18H20N2O2/c1-12(13(2)22-3)16-6-4-5-7-17(16)20-18(21)14-8-10-15(19)11-9-14/h4-11H,19H2,1-3H3,(H,20,21)/b13-12+. The second-order valence-corrected chi connectivity index (χ2v) is 5.01. The molecule has 0 bridgehead atoms. The van der Waals surface area contributed by atoms with Gasteiger partial charge >= 0.3 is 0 Å². The summed E-state index contributed by atoms with van der Waals surface area (Å²) in [4.78, 5) is 12.3. The molecule has 0 saturated heterocycles. The molecule has 0 saturated carbocycles. The highest BCUT2D eigenvalue weighted by atomic mass is 16.5. The third kappa shape index (κ3) is 3.47. The van der Waals surface area contributed by atoms with Crippen molar-refractivity contribution in [3.8, 4) is 0 Å². The molecule has 0 radical (unpaired) electrons. The van der Waals surface area contributed by atoms with Crippen LogP contribution < -0.4 is 11.1 Å². The summed E-state index contributed by atoms with van der Waals surface area (Å²) >= 11 is 0. The molecule has 0 heterocycles. The summed E-state index contributed by atoms with van der Waals surface area (Å²) in [7, 11) is 1.63. The molecule has 4 nitrogen and oxygen atoms in total. The van der Waals surface area contributed by atoms with Gasteiger partial charge in [-0.25, -0.2) is 0 Å². The highest BCUT2D eigenvalue weighted by Crippen LogP contribution is 2.26. The molecule has 3 N–H and O–H groups in total. The van der Waals surface area contributed by atoms with E-state index in [2.05, 4.69) is 5.32 Å². The molecular formula is C18H20N2O2. The Morgan fingerprint density at radius 3 is 2.32 bits per heavy atom. The first-order chi connectivity index (χ1) is 10.5. The number of hydrogen-bond acceptors (Lipinski definition) is 3. The SMILES string of the molecule is CO/C(C)=C(\C)c1ccccc1NC(=O)c1ccc(N)cc1. The van der Waals surface area contributed by atoms with Crippen LogP contribution in [0.3, 0.4) is 0 Å². The van der Waals surface area contributed by atoms with Crippen LogP contribution >= 0.6 is 0 Å². The number of ether oxygens (including phenoxy) is 1. The lowest BCUT2D eigenvalue weighted by Gasteiger charge is -2.13. The van der Waals surface area contributed by atoms with Crippen LogP contribution in [0.1, 0.15) is 29.8 Å². The highest BCUT2D eigenvalue weighted by molar-refractivity contribution is 6.05. The van der Waals surface area contributed by atoms with Crippen molar-refractivity contribution < 1.29 is 9.53 Å². The lowest BCUT2D eigenvalue weighted by atomic mass is 10.0. The monoisotopic (exact) mass is 296 g/mol. The molecule has 0 aliphatic heterocycles. The fourth-order valence-electron chi connectivity index (χ4n) is 2.09. The number of carbonyl (C=O) groups excluding carboxylic acids is 1. The van der Waals surface area contributed by atoms with E-state index in [9.17, 15) is 4.79 Å². The summed E-state index contributed by atoms with van der Waals surface area (Å²) < 4.78 is 5.28. The molecule has 0 aliphatic rings. The lowest BCUT2D eigenvalue weighted by molar-refractivity contribution is 0.102. The zero-order valence-electron chi connectivity index (χ0n) is 13.0. The molecule has 0 aliphatic carbocycles. The lowest BCUT2D eigenvalue weighted by Crippen LogP contribution is -2.13. The van der Waals surface area contributed by atoms with Gasteiger partial charge in [0.25, 0.3) is 5.91 Å². The van der Waals surface area contributed by atoms with E-state index in [1.54, 1.807) is 31.4 Å². The number of para-hydroxylation sites is 1. The minimum Gasteiger partial charge on any atom is -0.501 e. The summed E-state index contributed by atoms with van der Waals surface area (Å²) in [6, 6.07) is 14.5. The molecule has 0 aromatic heterocycles. The molecule has 2 aromatic carbocycles. The van der Waals surface area contributed by atoms with Crippen LogP contribution in [0.15, 0.2) is 54.3 Å². The fraction of sp³-hybridized carbons (Fsp3) is 0.167. The van der Waals surface area contributed by atoms with Gasteiger partial charge in [-0.2, -0.15) is 0 Å². The fourth-order valence-corrected chi connectivity index (χ4v) is 2.09. The van der Waals surface area contributed by atoms with E-state index < -0.39 is 0 Å². The third-order valence-corrected chi connectivity index (χ3v) is 3.59. The molecule has 1 amide bonds. The first-order valence-corrected chi connectivity index (χ1v) is 7.00. The van der Waals surface area contributed by atoms with Gasteiger partial charge in [0.15, 0.2) is 0 Å². The number of nitrogens with two attached hydrogens (primary N) is 1. The summed E-state index contributed by atoms with van der Waals surface area (Å²) in [6.07, 6.45) is 0. The van der Waals surface area contributed by atoms with Gasteiger partial charge in [-0.3, -0.25) is 4.79 Å². The number of hydrogen-bond donors (Lipinski definition) is 2. The molecule has 4 heteroatoms. The molecule has 0 fully saturated rings. The summed E-state index contributed by atoms with van der Waals surface area (Å²) in [6.45, 7) is 3.86. The smallest absolute Gasteiger partial charge is 0.255 e.